The molecule has 9 nitrogen and oxygen atoms in total. The molecule has 5 aromatic rings. The topological polar surface area (TPSA) is 117 Å². The predicted molar refractivity (Wildman–Crippen MR) is 134 cm³/mol. The molecule has 0 fully saturated rings. The number of aromatic nitrogens is 5. The van der Waals surface area contributed by atoms with Gasteiger partial charge in [-0.25, -0.2) is 14.5 Å². The maximum atomic E-state index is 13.1. The summed E-state index contributed by atoms with van der Waals surface area (Å²) in [5, 5.41) is 16.5. The zero-order valence-corrected chi connectivity index (χ0v) is 20.3. The minimum atomic E-state index is -4.44. The lowest BCUT2D eigenvalue weighted by atomic mass is 10.0. The van der Waals surface area contributed by atoms with Crippen LogP contribution in [-0.2, 0) is 6.18 Å². The van der Waals surface area contributed by atoms with E-state index in [9.17, 15) is 23.1 Å². The van der Waals surface area contributed by atoms with E-state index in [1.54, 1.807) is 43.3 Å². The Morgan fingerprint density at radius 1 is 1.11 bits per heavy atom. The number of halogens is 3. The van der Waals surface area contributed by atoms with Gasteiger partial charge in [0.2, 0.25) is 11.8 Å². The molecule has 3 heterocycles. The van der Waals surface area contributed by atoms with E-state index in [-0.39, 0.29) is 17.7 Å². The van der Waals surface area contributed by atoms with Crippen molar-refractivity contribution in [2.24, 2.45) is 0 Å². The number of imidazole rings is 2. The van der Waals surface area contributed by atoms with Crippen LogP contribution in [0.2, 0.25) is 0 Å². The average molecular weight is 525 g/mol. The first-order valence-electron chi connectivity index (χ1n) is 11.7. The molecular weight excluding hydrogens is 501 g/mol. The summed E-state index contributed by atoms with van der Waals surface area (Å²) in [5.74, 6) is -0.0476. The SMILES string of the molecule is C[C@H](C[C@@H](C)O)Oc1ccc2nc(C(=O)Nc3nc4ccc(-c5cccc(C(F)(F)F)c5)cc4[nH]3)cn2n1. The number of benzene rings is 2. The molecule has 0 saturated carbocycles. The van der Waals surface area contributed by atoms with Crippen molar-refractivity contribution in [1.82, 2.24) is 24.6 Å². The second kappa shape index (κ2) is 9.78. The Labute approximate surface area is 214 Å². The summed E-state index contributed by atoms with van der Waals surface area (Å²) in [5.41, 5.74) is 1.83. The molecule has 0 radical (unpaired) electrons. The molecule has 2 atom stereocenters. The molecule has 1 amide bonds. The molecule has 0 aliphatic carbocycles. The van der Waals surface area contributed by atoms with E-state index in [0.29, 0.717) is 40.1 Å². The van der Waals surface area contributed by atoms with Crippen LogP contribution < -0.4 is 10.1 Å². The van der Waals surface area contributed by atoms with E-state index < -0.39 is 23.8 Å². The van der Waals surface area contributed by atoms with Gasteiger partial charge in [0.05, 0.1) is 28.9 Å². The van der Waals surface area contributed by atoms with Crippen LogP contribution in [0.1, 0.15) is 36.3 Å². The lowest BCUT2D eigenvalue weighted by Crippen LogP contribution is -2.19. The molecule has 38 heavy (non-hydrogen) atoms. The van der Waals surface area contributed by atoms with Gasteiger partial charge in [-0.3, -0.25) is 10.1 Å². The molecule has 12 heteroatoms. The highest BCUT2D eigenvalue weighted by Gasteiger charge is 2.30. The molecular formula is C26H23F3N6O3. The summed E-state index contributed by atoms with van der Waals surface area (Å²) < 4.78 is 46.4. The fourth-order valence-corrected chi connectivity index (χ4v) is 4.07. The van der Waals surface area contributed by atoms with Crippen LogP contribution in [-0.4, -0.2) is 47.8 Å². The molecule has 0 aliphatic heterocycles. The van der Waals surface area contributed by atoms with Gasteiger partial charge in [-0.05, 0) is 55.3 Å². The zero-order valence-electron chi connectivity index (χ0n) is 20.3. The predicted octanol–water partition coefficient (Wildman–Crippen LogP) is 5.08. The van der Waals surface area contributed by atoms with E-state index >= 15 is 0 Å². The number of rotatable bonds is 7. The normalized spacial score (nSPS) is 13.5. The van der Waals surface area contributed by atoms with E-state index in [1.165, 1.54) is 16.8 Å². The second-order valence-corrected chi connectivity index (χ2v) is 8.96. The molecule has 196 valence electrons. The van der Waals surface area contributed by atoms with Crippen molar-refractivity contribution < 1.29 is 27.8 Å². The Hall–Kier alpha value is -4.45. The van der Waals surface area contributed by atoms with E-state index in [0.717, 1.165) is 12.1 Å². The molecule has 0 bridgehead atoms. The molecule has 0 unspecified atom stereocenters. The van der Waals surface area contributed by atoms with Crippen LogP contribution in [0.4, 0.5) is 19.1 Å². The van der Waals surface area contributed by atoms with E-state index in [4.69, 9.17) is 4.74 Å². The zero-order chi connectivity index (χ0) is 27.0. The maximum Gasteiger partial charge on any atom is 0.416 e. The van der Waals surface area contributed by atoms with Crippen molar-refractivity contribution in [3.05, 3.63) is 72.1 Å². The third-order valence-corrected chi connectivity index (χ3v) is 5.76. The number of ether oxygens (including phenoxy) is 1. The number of aliphatic hydroxyl groups is 1. The largest absolute Gasteiger partial charge is 0.474 e. The smallest absolute Gasteiger partial charge is 0.416 e. The summed E-state index contributed by atoms with van der Waals surface area (Å²) in [6.07, 6.45) is -3.32. The number of carbonyl (C=O) groups excluding carboxylic acids is 1. The van der Waals surface area contributed by atoms with Crippen LogP contribution in [0.25, 0.3) is 27.8 Å². The van der Waals surface area contributed by atoms with Gasteiger partial charge in [-0.2, -0.15) is 13.2 Å². The number of nitrogens with zero attached hydrogens (tertiary/aromatic N) is 4. The number of carbonyl (C=O) groups is 1. The van der Waals surface area contributed by atoms with Gasteiger partial charge >= 0.3 is 6.18 Å². The molecule has 3 N–H and O–H groups in total. The standard InChI is InChI=1S/C26H23F3N6O3/c1-14(36)10-15(2)38-23-9-8-22-30-21(13-35(22)34-23)24(37)33-25-31-19-7-6-17(12-20(19)32-25)16-4-3-5-18(11-16)26(27,28)29/h3-9,11-15,36H,10H2,1-2H3,(H2,31,32,33,37)/t14-,15-/m1/s1. The van der Waals surface area contributed by atoms with Gasteiger partial charge in [0.15, 0.2) is 5.65 Å². The Morgan fingerprint density at radius 2 is 1.89 bits per heavy atom. The van der Waals surface area contributed by atoms with Gasteiger partial charge in [-0.1, -0.05) is 18.2 Å². The number of alkyl halides is 3. The molecule has 5 rings (SSSR count). The van der Waals surface area contributed by atoms with Gasteiger partial charge in [0.25, 0.3) is 5.91 Å². The lowest BCUT2D eigenvalue weighted by Gasteiger charge is -2.14. The first-order valence-corrected chi connectivity index (χ1v) is 11.7. The lowest BCUT2D eigenvalue weighted by molar-refractivity contribution is -0.137. The number of hydrogen-bond donors (Lipinski definition) is 3. The van der Waals surface area contributed by atoms with Crippen molar-refractivity contribution in [3.63, 3.8) is 0 Å². The van der Waals surface area contributed by atoms with Gasteiger partial charge in [0, 0.05) is 12.5 Å². The number of hydrogen-bond acceptors (Lipinski definition) is 6. The summed E-state index contributed by atoms with van der Waals surface area (Å²) in [6.45, 7) is 3.50. The number of anilines is 1. The third-order valence-electron chi connectivity index (χ3n) is 5.76. The van der Waals surface area contributed by atoms with Crippen LogP contribution in [0, 0.1) is 0 Å². The van der Waals surface area contributed by atoms with E-state index in [2.05, 4.69) is 25.4 Å². The van der Waals surface area contributed by atoms with Gasteiger partial charge in [0.1, 0.15) is 11.8 Å². The van der Waals surface area contributed by atoms with E-state index in [1.807, 2.05) is 6.92 Å². The van der Waals surface area contributed by atoms with Gasteiger partial charge < -0.3 is 14.8 Å². The van der Waals surface area contributed by atoms with Gasteiger partial charge in [-0.15, -0.1) is 5.10 Å². The highest BCUT2D eigenvalue weighted by atomic mass is 19.4. The third kappa shape index (κ3) is 5.44. The number of H-pyrrole nitrogens is 1. The number of aromatic amines is 1. The first-order chi connectivity index (χ1) is 18.0. The van der Waals surface area contributed by atoms with Crippen LogP contribution in [0.15, 0.2) is 60.8 Å². The van der Waals surface area contributed by atoms with Crippen molar-refractivity contribution in [2.75, 3.05) is 5.32 Å². The number of amides is 1. The molecule has 0 aliphatic rings. The summed E-state index contributed by atoms with van der Waals surface area (Å²) in [6, 6.07) is 13.3. The fraction of sp³-hybridized carbons (Fsp3) is 0.231. The molecule has 0 saturated heterocycles. The first kappa shape index (κ1) is 25.2. The highest BCUT2D eigenvalue weighted by molar-refractivity contribution is 6.03. The number of fused-ring (bicyclic) bond motifs is 2. The fourth-order valence-electron chi connectivity index (χ4n) is 4.07. The second-order valence-electron chi connectivity index (χ2n) is 8.96. The minimum Gasteiger partial charge on any atom is -0.474 e. The van der Waals surface area contributed by atoms with Crippen molar-refractivity contribution in [3.8, 4) is 17.0 Å². The van der Waals surface area contributed by atoms with Crippen LogP contribution in [0.3, 0.4) is 0 Å². The summed E-state index contributed by atoms with van der Waals surface area (Å²) >= 11 is 0. The molecule has 2 aromatic carbocycles. The maximum absolute atomic E-state index is 13.1. The van der Waals surface area contributed by atoms with Crippen LogP contribution in [0.5, 0.6) is 5.88 Å². The number of nitrogens with one attached hydrogen (secondary N) is 2. The minimum absolute atomic E-state index is 0.0942. The average Bonchev–Trinajstić information content (AvgIpc) is 3.45. The van der Waals surface area contributed by atoms with Crippen LogP contribution >= 0.6 is 0 Å². The highest BCUT2D eigenvalue weighted by Crippen LogP contribution is 2.33. The Kier molecular flexibility index (Phi) is 6.49. The monoisotopic (exact) mass is 524 g/mol. The quantitative estimate of drug-likeness (QED) is 0.273. The summed E-state index contributed by atoms with van der Waals surface area (Å²) in [4.78, 5) is 24.4. The Morgan fingerprint density at radius 3 is 2.66 bits per heavy atom. The Balaban J connectivity index is 1.33. The molecule has 3 aromatic heterocycles. The number of aliphatic hydroxyl groups excluding tert-OH is 1. The summed E-state index contributed by atoms with van der Waals surface area (Å²) in [7, 11) is 0. The van der Waals surface area contributed by atoms with Crippen molar-refractivity contribution >= 4 is 28.5 Å². The molecule has 0 spiro atoms. The Bertz CT molecular complexity index is 1630. The van der Waals surface area contributed by atoms with Crippen molar-refractivity contribution in [2.45, 2.75) is 38.7 Å². The van der Waals surface area contributed by atoms with Crippen molar-refractivity contribution in [1.29, 1.82) is 0 Å².